The van der Waals surface area contributed by atoms with Crippen LogP contribution in [0.3, 0.4) is 0 Å². The van der Waals surface area contributed by atoms with E-state index in [1.807, 2.05) is 12.1 Å². The van der Waals surface area contributed by atoms with Crippen LogP contribution in [-0.4, -0.2) is 12.6 Å². The van der Waals surface area contributed by atoms with Crippen LogP contribution < -0.4 is 10.6 Å². The maximum absolute atomic E-state index is 6.24. The van der Waals surface area contributed by atoms with E-state index in [2.05, 4.69) is 16.7 Å². The van der Waals surface area contributed by atoms with Crippen LogP contribution in [0.4, 0.5) is 11.4 Å². The molecule has 1 fully saturated rings. The zero-order valence-corrected chi connectivity index (χ0v) is 10.8. The van der Waals surface area contributed by atoms with Crippen molar-refractivity contribution in [3.63, 3.8) is 0 Å². The van der Waals surface area contributed by atoms with E-state index >= 15 is 0 Å². The van der Waals surface area contributed by atoms with E-state index in [-0.39, 0.29) is 0 Å². The first-order valence-electron chi connectivity index (χ1n) is 6.63. The highest BCUT2D eigenvalue weighted by Crippen LogP contribution is 2.37. The van der Waals surface area contributed by atoms with Gasteiger partial charge in [-0.1, -0.05) is 36.9 Å². The highest BCUT2D eigenvalue weighted by Gasteiger charge is 2.27. The second-order valence-corrected chi connectivity index (χ2v) is 5.60. The van der Waals surface area contributed by atoms with Gasteiger partial charge in [-0.25, -0.2) is 0 Å². The van der Waals surface area contributed by atoms with Gasteiger partial charge >= 0.3 is 0 Å². The molecule has 92 valence electrons. The summed E-state index contributed by atoms with van der Waals surface area (Å²) in [5, 5.41) is 7.97. The molecule has 2 nitrogen and oxygen atoms in total. The molecule has 2 aliphatic rings. The van der Waals surface area contributed by atoms with E-state index in [4.69, 9.17) is 11.6 Å². The summed E-state index contributed by atoms with van der Waals surface area (Å²) in [6, 6.07) is 6.59. The molecule has 0 aromatic heterocycles. The molecule has 1 aromatic carbocycles. The van der Waals surface area contributed by atoms with Crippen molar-refractivity contribution in [2.75, 3.05) is 17.2 Å². The van der Waals surface area contributed by atoms with Crippen LogP contribution in [0, 0.1) is 5.92 Å². The molecular weight excluding hydrogens is 232 g/mol. The third-order valence-corrected chi connectivity index (χ3v) is 4.39. The van der Waals surface area contributed by atoms with Crippen molar-refractivity contribution in [1.29, 1.82) is 0 Å². The van der Waals surface area contributed by atoms with E-state index in [1.165, 1.54) is 32.1 Å². The van der Waals surface area contributed by atoms with Crippen LogP contribution in [0.15, 0.2) is 18.2 Å². The van der Waals surface area contributed by atoms with Gasteiger partial charge in [0.15, 0.2) is 0 Å². The highest BCUT2D eigenvalue weighted by atomic mass is 35.5. The first-order valence-corrected chi connectivity index (χ1v) is 7.01. The van der Waals surface area contributed by atoms with Gasteiger partial charge in [-0.05, 0) is 30.9 Å². The molecule has 1 saturated carbocycles. The second-order valence-electron chi connectivity index (χ2n) is 5.19. The van der Waals surface area contributed by atoms with Crippen molar-refractivity contribution < 1.29 is 0 Å². The first kappa shape index (κ1) is 11.2. The lowest BCUT2D eigenvalue weighted by atomic mass is 9.83. The van der Waals surface area contributed by atoms with Gasteiger partial charge in [0.1, 0.15) is 0 Å². The SMILES string of the molecule is Clc1cccc2c1NC(C1CCCCC1)CN2. The number of hydrogen-bond acceptors (Lipinski definition) is 2. The van der Waals surface area contributed by atoms with Crippen LogP contribution in [0.25, 0.3) is 0 Å². The van der Waals surface area contributed by atoms with Gasteiger partial charge in [0, 0.05) is 12.6 Å². The van der Waals surface area contributed by atoms with Crippen molar-refractivity contribution in [2.24, 2.45) is 5.92 Å². The number of para-hydroxylation sites is 1. The van der Waals surface area contributed by atoms with Crippen molar-refractivity contribution in [3.05, 3.63) is 23.2 Å². The van der Waals surface area contributed by atoms with Crippen molar-refractivity contribution in [2.45, 2.75) is 38.1 Å². The molecule has 1 aromatic rings. The Morgan fingerprint density at radius 3 is 2.76 bits per heavy atom. The lowest BCUT2D eigenvalue weighted by molar-refractivity contribution is 0.322. The fourth-order valence-electron chi connectivity index (χ4n) is 3.10. The Bertz CT molecular complexity index is 399. The number of benzene rings is 1. The standard InChI is InChI=1S/C14H19ClN2/c15-11-7-4-8-12-14(11)17-13(9-16-12)10-5-2-1-3-6-10/h4,7-8,10,13,16-17H,1-3,5-6,9H2. The fourth-order valence-corrected chi connectivity index (χ4v) is 3.32. The predicted octanol–water partition coefficient (Wildman–Crippen LogP) is 4.13. The summed E-state index contributed by atoms with van der Waals surface area (Å²) in [7, 11) is 0. The lowest BCUT2D eigenvalue weighted by Gasteiger charge is -2.36. The summed E-state index contributed by atoms with van der Waals surface area (Å²) in [5.74, 6) is 0.806. The number of rotatable bonds is 1. The van der Waals surface area contributed by atoms with Gasteiger partial charge in [0.2, 0.25) is 0 Å². The quantitative estimate of drug-likeness (QED) is 0.783. The summed E-state index contributed by atoms with van der Waals surface area (Å²) in [6.07, 6.45) is 6.91. The Morgan fingerprint density at radius 1 is 1.12 bits per heavy atom. The number of fused-ring (bicyclic) bond motifs is 1. The summed E-state index contributed by atoms with van der Waals surface area (Å²) in [6.45, 7) is 1.03. The molecule has 0 bridgehead atoms. The molecule has 1 unspecified atom stereocenters. The largest absolute Gasteiger partial charge is 0.381 e. The van der Waals surface area contributed by atoms with Crippen LogP contribution in [0.1, 0.15) is 32.1 Å². The number of nitrogens with one attached hydrogen (secondary N) is 2. The molecule has 0 spiro atoms. The summed E-state index contributed by atoms with van der Waals surface area (Å²) in [4.78, 5) is 0. The monoisotopic (exact) mass is 250 g/mol. The molecule has 0 saturated heterocycles. The van der Waals surface area contributed by atoms with Gasteiger partial charge in [0.25, 0.3) is 0 Å². The molecule has 17 heavy (non-hydrogen) atoms. The lowest BCUT2D eigenvalue weighted by Crippen LogP contribution is -2.40. The Morgan fingerprint density at radius 2 is 1.94 bits per heavy atom. The summed E-state index contributed by atoms with van der Waals surface area (Å²) in [5.41, 5.74) is 2.24. The maximum Gasteiger partial charge on any atom is 0.0768 e. The average Bonchev–Trinajstić information content (AvgIpc) is 2.40. The minimum atomic E-state index is 0.544. The summed E-state index contributed by atoms with van der Waals surface area (Å²) < 4.78 is 0. The normalized spacial score (nSPS) is 24.6. The molecule has 1 aliphatic heterocycles. The van der Waals surface area contributed by atoms with Crippen LogP contribution in [-0.2, 0) is 0 Å². The van der Waals surface area contributed by atoms with Crippen LogP contribution >= 0.6 is 11.6 Å². The molecule has 0 amide bonds. The number of anilines is 2. The molecule has 1 aliphatic carbocycles. The third kappa shape index (κ3) is 2.23. The number of halogens is 1. The highest BCUT2D eigenvalue weighted by molar-refractivity contribution is 6.34. The Labute approximate surface area is 108 Å². The Kier molecular flexibility index (Phi) is 3.15. The Balaban J connectivity index is 1.77. The molecule has 3 heteroatoms. The van der Waals surface area contributed by atoms with Crippen molar-refractivity contribution >= 4 is 23.0 Å². The van der Waals surface area contributed by atoms with E-state index in [0.717, 1.165) is 28.9 Å². The first-order chi connectivity index (χ1) is 8.34. The third-order valence-electron chi connectivity index (χ3n) is 4.07. The smallest absolute Gasteiger partial charge is 0.0768 e. The average molecular weight is 251 g/mol. The molecule has 0 radical (unpaired) electrons. The van der Waals surface area contributed by atoms with Gasteiger partial charge in [-0.15, -0.1) is 0 Å². The van der Waals surface area contributed by atoms with Gasteiger partial charge in [-0.2, -0.15) is 0 Å². The molecule has 1 atom stereocenters. The van der Waals surface area contributed by atoms with Crippen LogP contribution in [0.2, 0.25) is 5.02 Å². The molecular formula is C14H19ClN2. The zero-order chi connectivity index (χ0) is 11.7. The predicted molar refractivity (Wildman–Crippen MR) is 73.9 cm³/mol. The summed E-state index contributed by atoms with van der Waals surface area (Å²) >= 11 is 6.24. The maximum atomic E-state index is 6.24. The van der Waals surface area contributed by atoms with E-state index in [1.54, 1.807) is 0 Å². The zero-order valence-electron chi connectivity index (χ0n) is 10.0. The van der Waals surface area contributed by atoms with Crippen molar-refractivity contribution in [3.8, 4) is 0 Å². The topological polar surface area (TPSA) is 24.1 Å². The van der Waals surface area contributed by atoms with Gasteiger partial charge in [-0.3, -0.25) is 0 Å². The van der Waals surface area contributed by atoms with E-state index in [9.17, 15) is 0 Å². The Hall–Kier alpha value is -0.890. The van der Waals surface area contributed by atoms with Gasteiger partial charge < -0.3 is 10.6 Å². The fraction of sp³-hybridized carbons (Fsp3) is 0.571. The minimum absolute atomic E-state index is 0.544. The molecule has 2 N–H and O–H groups in total. The van der Waals surface area contributed by atoms with Crippen LogP contribution in [0.5, 0.6) is 0 Å². The van der Waals surface area contributed by atoms with Gasteiger partial charge in [0.05, 0.1) is 16.4 Å². The molecule has 3 rings (SSSR count). The van der Waals surface area contributed by atoms with Crippen molar-refractivity contribution in [1.82, 2.24) is 0 Å². The number of hydrogen-bond donors (Lipinski definition) is 2. The molecule has 1 heterocycles. The minimum Gasteiger partial charge on any atom is -0.381 e. The van der Waals surface area contributed by atoms with E-state index in [0.29, 0.717) is 6.04 Å². The second kappa shape index (κ2) is 4.77. The van der Waals surface area contributed by atoms with E-state index < -0.39 is 0 Å².